The Balaban J connectivity index is 1.93. The second kappa shape index (κ2) is 5.43. The number of benzene rings is 2. The summed E-state index contributed by atoms with van der Waals surface area (Å²) in [6.45, 7) is 0. The van der Waals surface area contributed by atoms with Gasteiger partial charge in [0, 0.05) is 30.2 Å². The van der Waals surface area contributed by atoms with Crippen molar-refractivity contribution in [3.8, 4) is 0 Å². The van der Waals surface area contributed by atoms with E-state index in [1.807, 2.05) is 50.5 Å². The highest BCUT2D eigenvalue weighted by Crippen LogP contribution is 2.29. The van der Waals surface area contributed by atoms with Crippen LogP contribution in [0.3, 0.4) is 0 Å². The molecule has 2 aromatic carbocycles. The lowest BCUT2D eigenvalue weighted by atomic mass is 10.0. The highest BCUT2D eigenvalue weighted by Gasteiger charge is 2.14. The molecule has 0 amide bonds. The van der Waals surface area contributed by atoms with Crippen LogP contribution in [0.15, 0.2) is 52.9 Å². The van der Waals surface area contributed by atoms with Gasteiger partial charge in [-0.1, -0.05) is 23.7 Å². The summed E-state index contributed by atoms with van der Waals surface area (Å²) >= 11 is 5.99. The first-order valence-electron chi connectivity index (χ1n) is 6.76. The zero-order valence-electron chi connectivity index (χ0n) is 12.0. The minimum atomic E-state index is -0.285. The Bertz CT molecular complexity index is 762. The van der Waals surface area contributed by atoms with Gasteiger partial charge in [-0.05, 0) is 42.0 Å². The van der Waals surface area contributed by atoms with E-state index in [2.05, 4.69) is 17.0 Å². The van der Waals surface area contributed by atoms with Gasteiger partial charge in [0.05, 0.1) is 6.04 Å². The average Bonchev–Trinajstić information content (AvgIpc) is 2.89. The molecule has 0 saturated heterocycles. The second-order valence-corrected chi connectivity index (χ2v) is 5.73. The molecule has 4 heteroatoms. The molecule has 108 valence electrons. The molecule has 2 N–H and O–H groups in total. The lowest BCUT2D eigenvalue weighted by molar-refractivity contribution is 0.525. The first kappa shape index (κ1) is 14.0. The summed E-state index contributed by atoms with van der Waals surface area (Å²) in [5.41, 5.74) is 9.27. The van der Waals surface area contributed by atoms with Gasteiger partial charge in [0.1, 0.15) is 11.3 Å². The van der Waals surface area contributed by atoms with Crippen molar-refractivity contribution >= 4 is 28.3 Å². The minimum absolute atomic E-state index is 0.285. The first-order valence-corrected chi connectivity index (χ1v) is 7.14. The molecule has 0 aliphatic carbocycles. The van der Waals surface area contributed by atoms with Crippen LogP contribution < -0.4 is 10.6 Å². The lowest BCUT2D eigenvalue weighted by Gasteiger charge is -2.14. The van der Waals surface area contributed by atoms with Gasteiger partial charge in [0.2, 0.25) is 0 Å². The molecule has 0 radical (unpaired) electrons. The maximum Gasteiger partial charge on any atom is 0.134 e. The number of fused-ring (bicyclic) bond motifs is 1. The molecule has 0 aliphatic heterocycles. The number of hydrogen-bond donors (Lipinski definition) is 1. The van der Waals surface area contributed by atoms with Crippen LogP contribution in [0.4, 0.5) is 5.69 Å². The van der Waals surface area contributed by atoms with Gasteiger partial charge < -0.3 is 15.1 Å². The fraction of sp³-hybridized carbons (Fsp3) is 0.176. The van der Waals surface area contributed by atoms with E-state index in [9.17, 15) is 0 Å². The smallest absolute Gasteiger partial charge is 0.134 e. The van der Waals surface area contributed by atoms with Crippen LogP contribution in [-0.2, 0) is 0 Å². The molecule has 3 aromatic rings. The third-order valence-electron chi connectivity index (χ3n) is 3.57. The summed E-state index contributed by atoms with van der Waals surface area (Å²) < 4.78 is 5.82. The molecule has 1 unspecified atom stereocenters. The number of hydrogen-bond acceptors (Lipinski definition) is 3. The van der Waals surface area contributed by atoms with E-state index in [0.717, 1.165) is 28.0 Å². The fourth-order valence-electron chi connectivity index (χ4n) is 2.33. The Morgan fingerprint density at radius 1 is 1.05 bits per heavy atom. The van der Waals surface area contributed by atoms with Gasteiger partial charge in [-0.3, -0.25) is 0 Å². The van der Waals surface area contributed by atoms with Gasteiger partial charge in [-0.15, -0.1) is 0 Å². The van der Waals surface area contributed by atoms with E-state index in [1.165, 1.54) is 0 Å². The van der Waals surface area contributed by atoms with Crippen LogP contribution >= 0.6 is 11.6 Å². The molecule has 0 fully saturated rings. The van der Waals surface area contributed by atoms with E-state index in [-0.39, 0.29) is 6.04 Å². The topological polar surface area (TPSA) is 42.4 Å². The predicted octanol–water partition coefficient (Wildman–Crippen LogP) is 4.20. The van der Waals surface area contributed by atoms with Gasteiger partial charge in [-0.2, -0.15) is 0 Å². The zero-order valence-corrected chi connectivity index (χ0v) is 12.8. The maximum atomic E-state index is 6.30. The molecule has 1 aromatic heterocycles. The zero-order chi connectivity index (χ0) is 15.0. The number of anilines is 1. The van der Waals surface area contributed by atoms with E-state index in [4.69, 9.17) is 21.8 Å². The molecule has 3 rings (SSSR count). The Hall–Kier alpha value is -1.97. The molecule has 1 heterocycles. The normalized spacial score (nSPS) is 12.6. The van der Waals surface area contributed by atoms with Crippen LogP contribution in [0.25, 0.3) is 11.0 Å². The van der Waals surface area contributed by atoms with E-state index >= 15 is 0 Å². The van der Waals surface area contributed by atoms with Crippen LogP contribution in [-0.4, -0.2) is 14.1 Å². The Kier molecular flexibility index (Phi) is 3.62. The molecule has 0 aliphatic rings. The molecule has 3 nitrogen and oxygen atoms in total. The van der Waals surface area contributed by atoms with Crippen molar-refractivity contribution in [2.24, 2.45) is 5.73 Å². The van der Waals surface area contributed by atoms with Crippen molar-refractivity contribution in [3.63, 3.8) is 0 Å². The monoisotopic (exact) mass is 300 g/mol. The minimum Gasteiger partial charge on any atom is -0.459 e. The maximum absolute atomic E-state index is 6.30. The molecular formula is C17H17ClN2O. The third-order valence-corrected chi connectivity index (χ3v) is 3.81. The molecular weight excluding hydrogens is 284 g/mol. The second-order valence-electron chi connectivity index (χ2n) is 5.29. The Labute approximate surface area is 128 Å². The van der Waals surface area contributed by atoms with Crippen molar-refractivity contribution in [1.82, 2.24) is 0 Å². The van der Waals surface area contributed by atoms with Crippen LogP contribution in [0, 0.1) is 0 Å². The van der Waals surface area contributed by atoms with Crippen molar-refractivity contribution in [3.05, 3.63) is 64.9 Å². The summed E-state index contributed by atoms with van der Waals surface area (Å²) in [6.07, 6.45) is 0. The summed E-state index contributed by atoms with van der Waals surface area (Å²) in [4.78, 5) is 2.05. The van der Waals surface area contributed by atoms with E-state index < -0.39 is 0 Å². The summed E-state index contributed by atoms with van der Waals surface area (Å²) in [5.74, 6) is 0.741. The van der Waals surface area contributed by atoms with Crippen LogP contribution in [0.5, 0.6) is 0 Å². The Morgan fingerprint density at radius 2 is 1.76 bits per heavy atom. The molecule has 0 spiro atoms. The van der Waals surface area contributed by atoms with Gasteiger partial charge in [0.25, 0.3) is 0 Å². The number of furan rings is 1. The van der Waals surface area contributed by atoms with Crippen molar-refractivity contribution in [1.29, 1.82) is 0 Å². The average molecular weight is 301 g/mol. The van der Waals surface area contributed by atoms with Gasteiger partial charge >= 0.3 is 0 Å². The van der Waals surface area contributed by atoms with Crippen LogP contribution in [0.2, 0.25) is 5.02 Å². The van der Waals surface area contributed by atoms with Crippen molar-refractivity contribution < 1.29 is 4.42 Å². The number of halogens is 1. The van der Waals surface area contributed by atoms with E-state index in [1.54, 1.807) is 0 Å². The molecule has 21 heavy (non-hydrogen) atoms. The summed E-state index contributed by atoms with van der Waals surface area (Å²) in [6, 6.07) is 15.4. The fourth-order valence-corrected chi connectivity index (χ4v) is 2.51. The molecule has 0 bridgehead atoms. The van der Waals surface area contributed by atoms with Gasteiger partial charge in [0.15, 0.2) is 0 Å². The lowest BCUT2D eigenvalue weighted by Crippen LogP contribution is -2.12. The number of nitrogens with two attached hydrogens (primary N) is 1. The summed E-state index contributed by atoms with van der Waals surface area (Å²) in [7, 11) is 4.02. The van der Waals surface area contributed by atoms with Gasteiger partial charge in [-0.25, -0.2) is 0 Å². The van der Waals surface area contributed by atoms with Crippen molar-refractivity contribution in [2.75, 3.05) is 19.0 Å². The molecule has 1 atom stereocenters. The highest BCUT2D eigenvalue weighted by atomic mass is 35.5. The Morgan fingerprint density at radius 3 is 2.43 bits per heavy atom. The standard InChI is InChI=1S/C17H17ClN2O/c1-20(2)14-6-3-11(4-7-14)17(19)16-10-12-9-13(18)5-8-15(12)21-16/h3-10,17H,19H2,1-2H3. The van der Waals surface area contributed by atoms with Crippen molar-refractivity contribution in [2.45, 2.75) is 6.04 Å². The molecule has 0 saturated carbocycles. The quantitative estimate of drug-likeness (QED) is 0.788. The predicted molar refractivity (Wildman–Crippen MR) is 88.0 cm³/mol. The SMILES string of the molecule is CN(C)c1ccc(C(N)c2cc3cc(Cl)ccc3o2)cc1. The largest absolute Gasteiger partial charge is 0.459 e. The third kappa shape index (κ3) is 2.75. The van der Waals surface area contributed by atoms with E-state index in [0.29, 0.717) is 5.02 Å². The number of rotatable bonds is 3. The summed E-state index contributed by atoms with van der Waals surface area (Å²) in [5, 5.41) is 1.66. The van der Waals surface area contributed by atoms with Crippen LogP contribution in [0.1, 0.15) is 17.4 Å². The highest BCUT2D eigenvalue weighted by molar-refractivity contribution is 6.31. The number of nitrogens with zero attached hydrogens (tertiary/aromatic N) is 1. The first-order chi connectivity index (χ1) is 10.0.